The minimum Gasteiger partial charge on any atom is -0.506 e. The highest BCUT2D eigenvalue weighted by Crippen LogP contribution is 2.35. The lowest BCUT2D eigenvalue weighted by Crippen LogP contribution is -2.33. The normalized spacial score (nSPS) is 17.1. The fourth-order valence-electron chi connectivity index (χ4n) is 2.00. The Morgan fingerprint density at radius 1 is 1.37 bits per heavy atom. The minimum atomic E-state index is -3.56. The number of hydrogen-bond donors (Lipinski definition) is 2. The summed E-state index contributed by atoms with van der Waals surface area (Å²) in [5, 5.41) is 9.24. The molecule has 0 bridgehead atoms. The molecule has 0 radical (unpaired) electrons. The number of hydrogen-bond acceptors (Lipinski definition) is 5. The predicted molar refractivity (Wildman–Crippen MR) is 71.0 cm³/mol. The molecule has 2 rings (SSSR count). The van der Waals surface area contributed by atoms with Crippen LogP contribution in [0, 0.1) is 0 Å². The summed E-state index contributed by atoms with van der Waals surface area (Å²) in [4.78, 5) is 0. The van der Waals surface area contributed by atoms with Crippen LogP contribution in [0.1, 0.15) is 12.8 Å². The highest BCUT2D eigenvalue weighted by Gasteiger charge is 2.29. The van der Waals surface area contributed by atoms with E-state index in [4.69, 9.17) is 9.47 Å². The fourth-order valence-corrected chi connectivity index (χ4v) is 3.47. The monoisotopic (exact) mass is 287 g/mol. The summed E-state index contributed by atoms with van der Waals surface area (Å²) < 4.78 is 37.1. The van der Waals surface area contributed by atoms with Crippen LogP contribution < -0.4 is 9.46 Å². The van der Waals surface area contributed by atoms with Crippen LogP contribution in [0.5, 0.6) is 11.5 Å². The van der Waals surface area contributed by atoms with E-state index in [0.717, 1.165) is 0 Å². The second-order valence-corrected chi connectivity index (χ2v) is 6.27. The Hall–Kier alpha value is -1.47. The molecule has 1 aromatic carbocycles. The summed E-state index contributed by atoms with van der Waals surface area (Å²) in [6.45, 7) is 0.868. The second-order valence-electron chi connectivity index (χ2n) is 4.31. The van der Waals surface area contributed by atoms with E-state index >= 15 is 0 Å². The van der Waals surface area contributed by atoms with Gasteiger partial charge in [-0.15, -0.1) is 0 Å². The second kappa shape index (κ2) is 5.66. The maximum atomic E-state index is 12.2. The molecule has 0 unspecified atom stereocenters. The first-order chi connectivity index (χ1) is 9.04. The number of benzene rings is 1. The van der Waals surface area contributed by atoms with Crippen molar-refractivity contribution in [2.45, 2.75) is 18.1 Å². The molecule has 1 saturated heterocycles. The molecule has 0 aliphatic carbocycles. The number of phenols is 1. The molecule has 19 heavy (non-hydrogen) atoms. The molecule has 6 nitrogen and oxygen atoms in total. The Labute approximate surface area is 112 Å². The summed E-state index contributed by atoms with van der Waals surface area (Å²) >= 11 is 0. The van der Waals surface area contributed by atoms with Gasteiger partial charge in [-0.2, -0.15) is 0 Å². The molecule has 1 heterocycles. The average molecular weight is 287 g/mol. The van der Waals surface area contributed by atoms with Gasteiger partial charge in [0.25, 0.3) is 0 Å². The minimum absolute atomic E-state index is 0.0801. The molecule has 0 aromatic heterocycles. The quantitative estimate of drug-likeness (QED) is 0.816. The van der Waals surface area contributed by atoms with Gasteiger partial charge in [0.05, 0.1) is 12.4 Å². The van der Waals surface area contributed by atoms with Gasteiger partial charge < -0.3 is 14.6 Å². The smallest absolute Gasteiger partial charge is 0.236 e. The highest BCUT2D eigenvalue weighted by molar-refractivity contribution is 7.93. The van der Waals surface area contributed by atoms with Crippen molar-refractivity contribution < 1.29 is 23.0 Å². The Morgan fingerprint density at radius 3 is 2.68 bits per heavy atom. The van der Waals surface area contributed by atoms with E-state index in [0.29, 0.717) is 26.1 Å². The molecule has 0 amide bonds. The van der Waals surface area contributed by atoms with Gasteiger partial charge in [0.1, 0.15) is 17.2 Å². The maximum Gasteiger partial charge on any atom is 0.236 e. The van der Waals surface area contributed by atoms with Crippen LogP contribution in [0.15, 0.2) is 18.2 Å². The number of nitrogens with one attached hydrogen (secondary N) is 1. The van der Waals surface area contributed by atoms with E-state index in [1.54, 1.807) is 12.1 Å². The summed E-state index contributed by atoms with van der Waals surface area (Å²) in [6.07, 6.45) is 0.899. The molecule has 7 heteroatoms. The van der Waals surface area contributed by atoms with E-state index in [2.05, 4.69) is 4.72 Å². The van der Waals surface area contributed by atoms with Crippen molar-refractivity contribution >= 4 is 15.7 Å². The SMILES string of the molecule is COc1cccc(O)c1NS(=O)(=O)C1CCOCC1. The first-order valence-electron chi connectivity index (χ1n) is 6.00. The zero-order chi connectivity index (χ0) is 13.9. The van der Waals surface area contributed by atoms with Gasteiger partial charge in [-0.05, 0) is 25.0 Å². The molecule has 1 fully saturated rings. The number of para-hydroxylation sites is 1. The Bertz CT molecular complexity index is 537. The van der Waals surface area contributed by atoms with Gasteiger partial charge in [-0.1, -0.05) is 6.07 Å². The van der Waals surface area contributed by atoms with Crippen molar-refractivity contribution in [1.29, 1.82) is 0 Å². The van der Waals surface area contributed by atoms with Crippen molar-refractivity contribution in [3.05, 3.63) is 18.2 Å². The third-order valence-corrected chi connectivity index (χ3v) is 4.91. The first-order valence-corrected chi connectivity index (χ1v) is 7.54. The molecule has 1 aliphatic heterocycles. The van der Waals surface area contributed by atoms with Crippen LogP contribution in [-0.4, -0.2) is 39.1 Å². The van der Waals surface area contributed by atoms with E-state index < -0.39 is 15.3 Å². The van der Waals surface area contributed by atoms with E-state index in [-0.39, 0.29) is 17.2 Å². The largest absolute Gasteiger partial charge is 0.506 e. The van der Waals surface area contributed by atoms with Gasteiger partial charge in [-0.3, -0.25) is 4.72 Å². The topological polar surface area (TPSA) is 84.9 Å². The Balaban J connectivity index is 2.24. The molecule has 2 N–H and O–H groups in total. The van der Waals surface area contributed by atoms with Gasteiger partial charge in [0.15, 0.2) is 0 Å². The Morgan fingerprint density at radius 2 is 2.05 bits per heavy atom. The number of sulfonamides is 1. The zero-order valence-electron chi connectivity index (χ0n) is 10.6. The van der Waals surface area contributed by atoms with Gasteiger partial charge >= 0.3 is 0 Å². The number of phenolic OH excluding ortho intramolecular Hbond substituents is 1. The number of methoxy groups -OCH3 is 1. The molecule has 0 saturated carbocycles. The van der Waals surface area contributed by atoms with Gasteiger partial charge in [-0.25, -0.2) is 8.42 Å². The van der Waals surface area contributed by atoms with E-state index in [1.165, 1.54) is 13.2 Å². The third kappa shape index (κ3) is 3.10. The zero-order valence-corrected chi connectivity index (χ0v) is 11.4. The number of anilines is 1. The summed E-state index contributed by atoms with van der Waals surface area (Å²) in [5.41, 5.74) is 0.0801. The van der Waals surface area contributed by atoms with Crippen LogP contribution in [0.25, 0.3) is 0 Å². The van der Waals surface area contributed by atoms with Crippen LogP contribution >= 0.6 is 0 Å². The Kier molecular flexibility index (Phi) is 4.16. The van der Waals surface area contributed by atoms with Crippen molar-refractivity contribution in [2.75, 3.05) is 25.0 Å². The molecule has 1 aliphatic rings. The number of rotatable bonds is 4. The first kappa shape index (κ1) is 14.0. The average Bonchev–Trinajstić information content (AvgIpc) is 2.42. The molecule has 106 valence electrons. The lowest BCUT2D eigenvalue weighted by atomic mass is 10.2. The standard InChI is InChI=1S/C12H17NO5S/c1-17-11-4-2-3-10(14)12(11)13-19(15,16)9-5-7-18-8-6-9/h2-4,9,13-14H,5-8H2,1H3. The molecular weight excluding hydrogens is 270 g/mol. The van der Waals surface area contributed by atoms with Crippen LogP contribution in [0.2, 0.25) is 0 Å². The van der Waals surface area contributed by atoms with E-state index in [1.807, 2.05) is 0 Å². The summed E-state index contributed by atoms with van der Waals surface area (Å²) in [6, 6.07) is 4.58. The molecule has 0 spiro atoms. The fraction of sp³-hybridized carbons (Fsp3) is 0.500. The number of ether oxygens (including phenoxy) is 2. The van der Waals surface area contributed by atoms with Crippen molar-refractivity contribution in [3.8, 4) is 11.5 Å². The van der Waals surface area contributed by atoms with Crippen LogP contribution in [-0.2, 0) is 14.8 Å². The van der Waals surface area contributed by atoms with Crippen LogP contribution in [0.3, 0.4) is 0 Å². The van der Waals surface area contributed by atoms with Crippen molar-refractivity contribution in [2.24, 2.45) is 0 Å². The number of aromatic hydroxyl groups is 1. The lowest BCUT2D eigenvalue weighted by Gasteiger charge is -2.23. The molecule has 1 aromatic rings. The van der Waals surface area contributed by atoms with Crippen molar-refractivity contribution in [3.63, 3.8) is 0 Å². The van der Waals surface area contributed by atoms with E-state index in [9.17, 15) is 13.5 Å². The molecule has 0 atom stereocenters. The summed E-state index contributed by atoms with van der Waals surface area (Å²) in [7, 11) is -2.14. The summed E-state index contributed by atoms with van der Waals surface area (Å²) in [5.74, 6) is 0.130. The predicted octanol–water partition coefficient (Wildman–Crippen LogP) is 1.32. The highest BCUT2D eigenvalue weighted by atomic mass is 32.2. The lowest BCUT2D eigenvalue weighted by molar-refractivity contribution is 0.0984. The van der Waals surface area contributed by atoms with Crippen molar-refractivity contribution in [1.82, 2.24) is 0 Å². The van der Waals surface area contributed by atoms with Gasteiger partial charge in [0.2, 0.25) is 10.0 Å². The maximum absolute atomic E-state index is 12.2. The molecular formula is C12H17NO5S. The van der Waals surface area contributed by atoms with Crippen LogP contribution in [0.4, 0.5) is 5.69 Å². The van der Waals surface area contributed by atoms with Gasteiger partial charge in [0, 0.05) is 13.2 Å². The third-order valence-electron chi connectivity index (χ3n) is 3.08.